The molecule has 1 aromatic rings. The van der Waals surface area contributed by atoms with Crippen molar-refractivity contribution >= 4 is 15.9 Å². The lowest BCUT2D eigenvalue weighted by Crippen LogP contribution is -2.22. The van der Waals surface area contributed by atoms with Crippen LogP contribution in [-0.4, -0.2) is 14.2 Å². The van der Waals surface area contributed by atoms with Crippen molar-refractivity contribution in [3.8, 4) is 5.75 Å². The van der Waals surface area contributed by atoms with Gasteiger partial charge >= 0.3 is 0 Å². The first-order chi connectivity index (χ1) is 7.51. The summed E-state index contributed by atoms with van der Waals surface area (Å²) in [5.74, 6) is 1.47. The fourth-order valence-corrected chi connectivity index (χ4v) is 2.30. The van der Waals surface area contributed by atoms with Gasteiger partial charge in [-0.2, -0.15) is 0 Å². The van der Waals surface area contributed by atoms with E-state index in [1.165, 1.54) is 11.1 Å². The van der Waals surface area contributed by atoms with E-state index in [9.17, 15) is 0 Å². The molecule has 1 rings (SSSR count). The number of rotatable bonds is 4. The van der Waals surface area contributed by atoms with Crippen molar-refractivity contribution < 1.29 is 4.74 Å². The Morgan fingerprint density at radius 3 is 2.38 bits per heavy atom. The van der Waals surface area contributed by atoms with Crippen LogP contribution in [0.25, 0.3) is 0 Å². The Morgan fingerprint density at radius 2 is 1.94 bits per heavy atom. The summed E-state index contributed by atoms with van der Waals surface area (Å²) in [6.45, 7) is 6.48. The number of aryl methyl sites for hydroxylation is 1. The van der Waals surface area contributed by atoms with Crippen molar-refractivity contribution in [3.63, 3.8) is 0 Å². The molecule has 2 nitrogen and oxygen atoms in total. The molecule has 0 aliphatic heterocycles. The second-order valence-electron chi connectivity index (χ2n) is 4.35. The molecule has 1 unspecified atom stereocenters. The Balaban J connectivity index is 3.24. The number of nitrogens with one attached hydrogen (secondary N) is 1. The highest BCUT2D eigenvalue weighted by atomic mass is 79.9. The second-order valence-corrected chi connectivity index (χ2v) is 5.21. The molecule has 1 atom stereocenters. The summed E-state index contributed by atoms with van der Waals surface area (Å²) < 4.78 is 6.58. The van der Waals surface area contributed by atoms with Crippen molar-refractivity contribution in [2.75, 3.05) is 14.2 Å². The molecule has 0 saturated carbocycles. The molecule has 0 radical (unpaired) electrons. The normalized spacial score (nSPS) is 12.9. The lowest BCUT2D eigenvalue weighted by molar-refractivity contribution is 0.381. The molecule has 0 heterocycles. The predicted molar refractivity (Wildman–Crippen MR) is 72.1 cm³/mol. The van der Waals surface area contributed by atoms with Crippen LogP contribution in [0.3, 0.4) is 0 Å². The van der Waals surface area contributed by atoms with Gasteiger partial charge in [-0.1, -0.05) is 29.8 Å². The Hall–Kier alpha value is -0.540. The zero-order valence-electron chi connectivity index (χ0n) is 10.6. The summed E-state index contributed by atoms with van der Waals surface area (Å²) in [4.78, 5) is 0. The molecule has 0 bridgehead atoms. The quantitative estimate of drug-likeness (QED) is 0.911. The highest BCUT2D eigenvalue weighted by molar-refractivity contribution is 9.10. The number of halogens is 1. The average molecular weight is 286 g/mol. The van der Waals surface area contributed by atoms with Gasteiger partial charge in [0, 0.05) is 16.1 Å². The molecule has 0 saturated heterocycles. The van der Waals surface area contributed by atoms with Crippen molar-refractivity contribution in [2.24, 2.45) is 5.92 Å². The number of methoxy groups -OCH3 is 1. The number of benzene rings is 1. The third-order valence-electron chi connectivity index (χ3n) is 2.82. The maximum Gasteiger partial charge on any atom is 0.123 e. The molecule has 90 valence electrons. The van der Waals surface area contributed by atoms with E-state index in [-0.39, 0.29) is 0 Å². The van der Waals surface area contributed by atoms with Gasteiger partial charge in [-0.15, -0.1) is 0 Å². The van der Waals surface area contributed by atoms with Gasteiger partial charge in [0.15, 0.2) is 0 Å². The molecule has 0 fully saturated rings. The van der Waals surface area contributed by atoms with Crippen LogP contribution in [0, 0.1) is 12.8 Å². The fraction of sp³-hybridized carbons (Fsp3) is 0.538. The van der Waals surface area contributed by atoms with E-state index in [2.05, 4.69) is 54.2 Å². The van der Waals surface area contributed by atoms with E-state index in [1.54, 1.807) is 7.11 Å². The smallest absolute Gasteiger partial charge is 0.123 e. The van der Waals surface area contributed by atoms with Crippen LogP contribution in [0.1, 0.15) is 31.0 Å². The standard InChI is InChI=1S/C13H20BrNO/c1-8(2)13(15-4)10-7-11(14)9(3)6-12(10)16-5/h6-8,13,15H,1-5H3. The monoisotopic (exact) mass is 285 g/mol. The average Bonchev–Trinajstić information content (AvgIpc) is 2.23. The minimum Gasteiger partial charge on any atom is -0.496 e. The minimum absolute atomic E-state index is 0.312. The lowest BCUT2D eigenvalue weighted by Gasteiger charge is -2.23. The summed E-state index contributed by atoms with van der Waals surface area (Å²) in [6, 6.07) is 4.54. The summed E-state index contributed by atoms with van der Waals surface area (Å²) in [5.41, 5.74) is 2.40. The van der Waals surface area contributed by atoms with Gasteiger partial charge in [0.1, 0.15) is 5.75 Å². The van der Waals surface area contributed by atoms with Crippen molar-refractivity contribution in [2.45, 2.75) is 26.8 Å². The molecule has 0 aliphatic carbocycles. The van der Waals surface area contributed by atoms with Gasteiger partial charge < -0.3 is 10.1 Å². The second kappa shape index (κ2) is 5.69. The molecule has 3 heteroatoms. The van der Waals surface area contributed by atoms with Crippen LogP contribution < -0.4 is 10.1 Å². The van der Waals surface area contributed by atoms with E-state index in [0.717, 1.165) is 10.2 Å². The largest absolute Gasteiger partial charge is 0.496 e. The third-order valence-corrected chi connectivity index (χ3v) is 3.68. The Kier molecular flexibility index (Phi) is 4.81. The summed E-state index contributed by atoms with van der Waals surface area (Å²) >= 11 is 3.57. The summed E-state index contributed by atoms with van der Waals surface area (Å²) in [7, 11) is 3.71. The van der Waals surface area contributed by atoms with Gasteiger partial charge in [0.2, 0.25) is 0 Å². The molecule has 16 heavy (non-hydrogen) atoms. The Morgan fingerprint density at radius 1 is 1.31 bits per heavy atom. The first kappa shape index (κ1) is 13.5. The van der Waals surface area contributed by atoms with Crippen molar-refractivity contribution in [3.05, 3.63) is 27.7 Å². The summed E-state index contributed by atoms with van der Waals surface area (Å²) in [5, 5.41) is 3.34. The van der Waals surface area contributed by atoms with Gasteiger partial charge in [-0.05, 0) is 37.6 Å². The van der Waals surface area contributed by atoms with E-state index >= 15 is 0 Å². The fourth-order valence-electron chi connectivity index (χ4n) is 1.94. The van der Waals surface area contributed by atoms with E-state index in [1.807, 2.05) is 7.05 Å². The highest BCUT2D eigenvalue weighted by Gasteiger charge is 2.18. The van der Waals surface area contributed by atoms with Gasteiger partial charge in [-0.3, -0.25) is 0 Å². The van der Waals surface area contributed by atoms with E-state index in [4.69, 9.17) is 4.74 Å². The molecule has 1 aromatic carbocycles. The van der Waals surface area contributed by atoms with Crippen LogP contribution in [0.15, 0.2) is 16.6 Å². The van der Waals surface area contributed by atoms with Gasteiger partial charge in [0.05, 0.1) is 7.11 Å². The minimum atomic E-state index is 0.312. The first-order valence-electron chi connectivity index (χ1n) is 5.52. The maximum absolute atomic E-state index is 5.45. The topological polar surface area (TPSA) is 21.3 Å². The lowest BCUT2D eigenvalue weighted by atomic mass is 9.94. The molecule has 0 spiro atoms. The number of hydrogen-bond acceptors (Lipinski definition) is 2. The van der Waals surface area contributed by atoms with Crippen LogP contribution in [0.2, 0.25) is 0 Å². The van der Waals surface area contributed by atoms with Gasteiger partial charge in [-0.25, -0.2) is 0 Å². The van der Waals surface area contributed by atoms with Crippen LogP contribution in [0.5, 0.6) is 5.75 Å². The summed E-state index contributed by atoms with van der Waals surface area (Å²) in [6.07, 6.45) is 0. The molecular weight excluding hydrogens is 266 g/mol. The van der Waals surface area contributed by atoms with E-state index < -0.39 is 0 Å². The number of hydrogen-bond donors (Lipinski definition) is 1. The SMILES string of the molecule is CNC(c1cc(Br)c(C)cc1OC)C(C)C. The highest BCUT2D eigenvalue weighted by Crippen LogP contribution is 2.34. The molecule has 1 N–H and O–H groups in total. The molecular formula is C13H20BrNO. The Labute approximate surface area is 107 Å². The predicted octanol–water partition coefficient (Wildman–Crippen LogP) is 3.68. The molecule has 0 amide bonds. The van der Waals surface area contributed by atoms with Gasteiger partial charge in [0.25, 0.3) is 0 Å². The van der Waals surface area contributed by atoms with Crippen molar-refractivity contribution in [1.29, 1.82) is 0 Å². The van der Waals surface area contributed by atoms with Crippen LogP contribution >= 0.6 is 15.9 Å². The van der Waals surface area contributed by atoms with Crippen LogP contribution in [-0.2, 0) is 0 Å². The third kappa shape index (κ3) is 2.77. The zero-order valence-corrected chi connectivity index (χ0v) is 12.2. The van der Waals surface area contributed by atoms with Crippen molar-refractivity contribution in [1.82, 2.24) is 5.32 Å². The first-order valence-corrected chi connectivity index (χ1v) is 6.31. The molecule has 0 aromatic heterocycles. The zero-order chi connectivity index (χ0) is 12.3. The van der Waals surface area contributed by atoms with Crippen LogP contribution in [0.4, 0.5) is 0 Å². The Bertz CT molecular complexity index is 363. The number of ether oxygens (including phenoxy) is 1. The molecule has 0 aliphatic rings. The maximum atomic E-state index is 5.45. The van der Waals surface area contributed by atoms with E-state index in [0.29, 0.717) is 12.0 Å².